The van der Waals surface area contributed by atoms with Crippen LogP contribution in [-0.4, -0.2) is 33.5 Å². The highest BCUT2D eigenvalue weighted by molar-refractivity contribution is 4.92. The van der Waals surface area contributed by atoms with Crippen LogP contribution in [0.15, 0.2) is 6.33 Å². The molecule has 118 valence electrons. The molecule has 21 heavy (non-hydrogen) atoms. The number of nitrogens with one attached hydrogen (secondary N) is 1. The summed E-state index contributed by atoms with van der Waals surface area (Å²) in [6, 6.07) is 0.462. The van der Waals surface area contributed by atoms with Crippen LogP contribution in [0, 0.1) is 0 Å². The highest BCUT2D eigenvalue weighted by atomic mass is 16.5. The minimum Gasteiger partial charge on any atom is -0.375 e. The van der Waals surface area contributed by atoms with Gasteiger partial charge < -0.3 is 10.1 Å². The highest BCUT2D eigenvalue weighted by Crippen LogP contribution is 2.41. The van der Waals surface area contributed by atoms with E-state index in [2.05, 4.69) is 27.0 Å². The Labute approximate surface area is 127 Å². The largest absolute Gasteiger partial charge is 0.375 e. The standard InChI is InChI=1S/C16H28N4O/c1-2-9-17-12-15-18-13-20(19-15)14-6-10-21-16(11-14)7-4-3-5-8-16/h13-14,17H,2-12H2,1H3. The van der Waals surface area contributed by atoms with Gasteiger partial charge in [-0.2, -0.15) is 5.10 Å². The van der Waals surface area contributed by atoms with E-state index >= 15 is 0 Å². The molecule has 1 unspecified atom stereocenters. The second kappa shape index (κ2) is 6.88. The van der Waals surface area contributed by atoms with Crippen LogP contribution in [-0.2, 0) is 11.3 Å². The van der Waals surface area contributed by atoms with Crippen LogP contribution in [0.2, 0.25) is 0 Å². The maximum atomic E-state index is 6.17. The van der Waals surface area contributed by atoms with Gasteiger partial charge in [0.15, 0.2) is 5.82 Å². The molecule has 0 radical (unpaired) electrons. The first-order valence-corrected chi connectivity index (χ1v) is 8.56. The Bertz CT molecular complexity index is 434. The molecular formula is C16H28N4O. The lowest BCUT2D eigenvalue weighted by Crippen LogP contribution is -2.42. The van der Waals surface area contributed by atoms with Crippen molar-refractivity contribution in [3.63, 3.8) is 0 Å². The van der Waals surface area contributed by atoms with Crippen molar-refractivity contribution in [3.8, 4) is 0 Å². The summed E-state index contributed by atoms with van der Waals surface area (Å²) in [4.78, 5) is 4.45. The van der Waals surface area contributed by atoms with E-state index in [0.29, 0.717) is 6.04 Å². The van der Waals surface area contributed by atoms with Crippen molar-refractivity contribution in [3.05, 3.63) is 12.2 Å². The summed E-state index contributed by atoms with van der Waals surface area (Å²) >= 11 is 0. The normalized spacial score (nSPS) is 25.3. The van der Waals surface area contributed by atoms with E-state index < -0.39 is 0 Å². The molecule has 2 heterocycles. The molecule has 2 fully saturated rings. The second-order valence-electron chi connectivity index (χ2n) is 6.56. The summed E-state index contributed by atoms with van der Waals surface area (Å²) in [5.41, 5.74) is 0.133. The van der Waals surface area contributed by atoms with Gasteiger partial charge >= 0.3 is 0 Å². The molecule has 3 rings (SSSR count). The quantitative estimate of drug-likeness (QED) is 0.848. The topological polar surface area (TPSA) is 52.0 Å². The SMILES string of the molecule is CCCNCc1ncn(C2CCOC3(CCCCC3)C2)n1. The molecule has 0 aromatic carbocycles. The van der Waals surface area contributed by atoms with Crippen LogP contribution in [0.5, 0.6) is 0 Å². The fourth-order valence-corrected chi connectivity index (χ4v) is 3.72. The van der Waals surface area contributed by atoms with Crippen molar-refractivity contribution >= 4 is 0 Å². The van der Waals surface area contributed by atoms with Gasteiger partial charge in [0, 0.05) is 6.61 Å². The van der Waals surface area contributed by atoms with Gasteiger partial charge in [-0.05, 0) is 38.6 Å². The van der Waals surface area contributed by atoms with E-state index in [4.69, 9.17) is 4.74 Å². The molecule has 1 atom stereocenters. The number of aromatic nitrogens is 3. The lowest BCUT2D eigenvalue weighted by atomic mass is 9.78. The second-order valence-corrected chi connectivity index (χ2v) is 6.56. The number of hydrogen-bond acceptors (Lipinski definition) is 4. The lowest BCUT2D eigenvalue weighted by Gasteiger charge is -2.43. The molecule has 2 aliphatic rings. The smallest absolute Gasteiger partial charge is 0.164 e. The van der Waals surface area contributed by atoms with E-state index in [1.807, 2.05) is 6.33 Å². The first-order chi connectivity index (χ1) is 10.3. The van der Waals surface area contributed by atoms with E-state index in [0.717, 1.165) is 44.8 Å². The van der Waals surface area contributed by atoms with Gasteiger partial charge in [0.2, 0.25) is 0 Å². The molecule has 5 heteroatoms. The molecule has 5 nitrogen and oxygen atoms in total. The Balaban J connectivity index is 1.60. The molecular weight excluding hydrogens is 264 g/mol. The van der Waals surface area contributed by atoms with Crippen molar-refractivity contribution in [2.75, 3.05) is 13.2 Å². The molecule has 1 aliphatic heterocycles. The Kier molecular flexibility index (Phi) is 4.91. The van der Waals surface area contributed by atoms with Crippen molar-refractivity contribution in [1.82, 2.24) is 20.1 Å². The molecule has 1 saturated heterocycles. The zero-order chi connectivity index (χ0) is 14.5. The molecule has 0 amide bonds. The van der Waals surface area contributed by atoms with Gasteiger partial charge in [-0.1, -0.05) is 26.2 Å². The van der Waals surface area contributed by atoms with E-state index in [1.54, 1.807) is 0 Å². The zero-order valence-corrected chi connectivity index (χ0v) is 13.2. The van der Waals surface area contributed by atoms with Crippen molar-refractivity contribution in [2.24, 2.45) is 0 Å². The van der Waals surface area contributed by atoms with Crippen LogP contribution in [0.25, 0.3) is 0 Å². The minimum atomic E-state index is 0.133. The van der Waals surface area contributed by atoms with E-state index in [-0.39, 0.29) is 5.60 Å². The summed E-state index contributed by atoms with van der Waals surface area (Å²) in [5.74, 6) is 0.910. The third-order valence-electron chi connectivity index (χ3n) is 4.87. The summed E-state index contributed by atoms with van der Waals surface area (Å²) < 4.78 is 8.26. The molecule has 1 aliphatic carbocycles. The Morgan fingerprint density at radius 2 is 2.24 bits per heavy atom. The summed E-state index contributed by atoms with van der Waals surface area (Å²) in [5, 5.41) is 8.03. The average molecular weight is 292 g/mol. The first kappa shape index (κ1) is 15.0. The lowest BCUT2D eigenvalue weighted by molar-refractivity contribution is -0.115. The number of rotatable bonds is 5. The third-order valence-corrected chi connectivity index (χ3v) is 4.87. The van der Waals surface area contributed by atoms with Crippen LogP contribution in [0.1, 0.15) is 70.2 Å². The maximum Gasteiger partial charge on any atom is 0.164 e. The fraction of sp³-hybridized carbons (Fsp3) is 0.875. The van der Waals surface area contributed by atoms with Crippen LogP contribution < -0.4 is 5.32 Å². The van der Waals surface area contributed by atoms with Gasteiger partial charge in [0.1, 0.15) is 6.33 Å². The van der Waals surface area contributed by atoms with Crippen LogP contribution in [0.4, 0.5) is 0 Å². The van der Waals surface area contributed by atoms with Crippen LogP contribution in [0.3, 0.4) is 0 Å². The van der Waals surface area contributed by atoms with Crippen molar-refractivity contribution in [2.45, 2.75) is 76.5 Å². The monoisotopic (exact) mass is 292 g/mol. The average Bonchev–Trinajstić information content (AvgIpc) is 2.97. The third kappa shape index (κ3) is 3.64. The predicted octanol–water partition coefficient (Wildman–Crippen LogP) is 2.83. The molecule has 1 aromatic heterocycles. The number of ether oxygens (including phenoxy) is 1. The minimum absolute atomic E-state index is 0.133. The molecule has 1 spiro atoms. The van der Waals surface area contributed by atoms with Gasteiger partial charge in [0.05, 0.1) is 18.2 Å². The summed E-state index contributed by atoms with van der Waals surface area (Å²) in [6.07, 6.45) is 11.7. The predicted molar refractivity (Wildman–Crippen MR) is 82.1 cm³/mol. The summed E-state index contributed by atoms with van der Waals surface area (Å²) in [6.45, 7) is 4.84. The zero-order valence-electron chi connectivity index (χ0n) is 13.2. The molecule has 1 saturated carbocycles. The van der Waals surface area contributed by atoms with E-state index in [9.17, 15) is 0 Å². The maximum absolute atomic E-state index is 6.17. The van der Waals surface area contributed by atoms with Gasteiger partial charge in [-0.25, -0.2) is 9.67 Å². The van der Waals surface area contributed by atoms with Gasteiger partial charge in [-0.3, -0.25) is 0 Å². The Morgan fingerprint density at radius 3 is 3.05 bits per heavy atom. The highest BCUT2D eigenvalue weighted by Gasteiger charge is 2.39. The van der Waals surface area contributed by atoms with Gasteiger partial charge in [-0.15, -0.1) is 0 Å². The van der Waals surface area contributed by atoms with Crippen LogP contribution >= 0.6 is 0 Å². The molecule has 0 bridgehead atoms. The summed E-state index contributed by atoms with van der Waals surface area (Å²) in [7, 11) is 0. The van der Waals surface area contributed by atoms with E-state index in [1.165, 1.54) is 32.1 Å². The molecule has 1 aromatic rings. The number of nitrogens with zero attached hydrogens (tertiary/aromatic N) is 3. The fourth-order valence-electron chi connectivity index (χ4n) is 3.72. The Hall–Kier alpha value is -0.940. The van der Waals surface area contributed by atoms with Crippen molar-refractivity contribution < 1.29 is 4.74 Å². The Morgan fingerprint density at radius 1 is 1.38 bits per heavy atom. The molecule has 1 N–H and O–H groups in total. The van der Waals surface area contributed by atoms with Crippen molar-refractivity contribution in [1.29, 1.82) is 0 Å². The first-order valence-electron chi connectivity index (χ1n) is 8.56. The number of hydrogen-bond donors (Lipinski definition) is 1. The van der Waals surface area contributed by atoms with Gasteiger partial charge in [0.25, 0.3) is 0 Å².